The average Bonchev–Trinajstić information content (AvgIpc) is 2.71. The quantitative estimate of drug-likeness (QED) is 0.218. The van der Waals surface area contributed by atoms with Gasteiger partial charge in [0.15, 0.2) is 5.85 Å². The minimum absolute atomic E-state index is 0. The predicted molar refractivity (Wildman–Crippen MR) is 99.2 cm³/mol. The van der Waals surface area contributed by atoms with Crippen LogP contribution in [-0.4, -0.2) is 102 Å². The standard InChI is InChI=1S/C9H11N2O4P.Na.H3O3P.6H2O.H/c12-9(16(13,14)15)5-7-6-10-8-3-1-2-4-11(7)8;;1-4(2)3;;;;;;;/h1-4,6,9,12H,5H2,(H2,13,14,15);;4H,(H2,1,2,3);6*1H2;. The molecule has 0 aliphatic rings. The molecular formula is C9H27N2NaO13P2. The molecule has 18 heteroatoms. The van der Waals surface area contributed by atoms with Gasteiger partial charge in [-0.3, -0.25) is 9.13 Å². The molecule has 0 aliphatic carbocycles. The first-order valence-corrected chi connectivity index (χ1v) is 8.26. The molecule has 0 amide bonds. The number of hydrogen-bond donors (Lipinski definition) is 5. The Kier molecular flexibility index (Phi) is 34.4. The van der Waals surface area contributed by atoms with Gasteiger partial charge in [0.05, 0.1) is 0 Å². The SMILES string of the molecule is O.O.O.O.O.O.O=P(O)(O)C(O)Cc1cnc2ccccn12.O=[PH](O)O.[NaH]. The van der Waals surface area contributed by atoms with Crippen molar-refractivity contribution in [3.63, 3.8) is 0 Å². The molecule has 0 bridgehead atoms. The summed E-state index contributed by atoms with van der Waals surface area (Å²) in [5.74, 6) is -1.69. The number of aromatic nitrogens is 2. The third-order valence-electron chi connectivity index (χ3n) is 2.27. The van der Waals surface area contributed by atoms with Gasteiger partial charge < -0.3 is 61.9 Å². The number of rotatable bonds is 3. The summed E-state index contributed by atoms with van der Waals surface area (Å²) < 4.78 is 21.2. The number of pyridine rings is 1. The van der Waals surface area contributed by atoms with E-state index in [1.54, 1.807) is 22.7 Å². The van der Waals surface area contributed by atoms with Gasteiger partial charge in [0, 0.05) is 24.5 Å². The molecular weight excluding hydrogens is 429 g/mol. The van der Waals surface area contributed by atoms with E-state index in [0.717, 1.165) is 0 Å². The van der Waals surface area contributed by atoms with E-state index in [1.807, 2.05) is 6.07 Å². The van der Waals surface area contributed by atoms with Crippen molar-refractivity contribution >= 4 is 51.1 Å². The van der Waals surface area contributed by atoms with E-state index >= 15 is 0 Å². The number of aliphatic hydroxyl groups is 1. The molecule has 17 N–H and O–H groups in total. The molecule has 0 saturated heterocycles. The third kappa shape index (κ3) is 16.4. The summed E-state index contributed by atoms with van der Waals surface area (Å²) in [5.41, 5.74) is 1.24. The second kappa shape index (κ2) is 20.4. The second-order valence-corrected chi connectivity index (χ2v) is 6.07. The van der Waals surface area contributed by atoms with Gasteiger partial charge in [-0.05, 0) is 12.1 Å². The van der Waals surface area contributed by atoms with E-state index in [0.29, 0.717) is 11.3 Å². The topological polar surface area (TPSA) is 342 Å². The van der Waals surface area contributed by atoms with E-state index in [4.69, 9.17) is 24.1 Å². The van der Waals surface area contributed by atoms with Crippen molar-refractivity contribution in [1.29, 1.82) is 0 Å². The number of fused-ring (bicyclic) bond motifs is 1. The molecule has 1 unspecified atom stereocenters. The second-order valence-electron chi connectivity index (χ2n) is 3.73. The van der Waals surface area contributed by atoms with Crippen molar-refractivity contribution in [3.05, 3.63) is 36.3 Å². The van der Waals surface area contributed by atoms with E-state index in [1.165, 1.54) is 6.20 Å². The van der Waals surface area contributed by atoms with E-state index in [-0.39, 0.29) is 68.8 Å². The van der Waals surface area contributed by atoms with Crippen LogP contribution in [0.4, 0.5) is 0 Å². The summed E-state index contributed by atoms with van der Waals surface area (Å²) in [6.45, 7) is 0. The summed E-state index contributed by atoms with van der Waals surface area (Å²) in [6, 6.07) is 5.36. The van der Waals surface area contributed by atoms with Crippen molar-refractivity contribution in [2.24, 2.45) is 0 Å². The molecule has 0 radical (unpaired) electrons. The van der Waals surface area contributed by atoms with Crippen LogP contribution in [0, 0.1) is 0 Å². The predicted octanol–water partition coefficient (Wildman–Crippen LogP) is -5.86. The monoisotopic (exact) mass is 456 g/mol. The van der Waals surface area contributed by atoms with Gasteiger partial charge >= 0.3 is 45.4 Å². The zero-order chi connectivity index (χ0) is 15.3. The molecule has 0 spiro atoms. The van der Waals surface area contributed by atoms with E-state index in [9.17, 15) is 9.67 Å². The maximum atomic E-state index is 10.8. The average molecular weight is 456 g/mol. The van der Waals surface area contributed by atoms with Gasteiger partial charge in [-0.2, -0.15) is 0 Å². The molecule has 2 heterocycles. The van der Waals surface area contributed by atoms with Crippen molar-refractivity contribution in [2.75, 3.05) is 0 Å². The molecule has 15 nitrogen and oxygen atoms in total. The normalized spacial score (nSPS) is 9.70. The van der Waals surface area contributed by atoms with Crippen molar-refractivity contribution in [2.45, 2.75) is 12.3 Å². The number of imidazole rings is 1. The van der Waals surface area contributed by atoms with Crippen LogP contribution in [0.5, 0.6) is 0 Å². The molecule has 2 rings (SSSR count). The Morgan fingerprint density at radius 3 is 1.93 bits per heavy atom. The van der Waals surface area contributed by atoms with Crippen LogP contribution in [0.2, 0.25) is 0 Å². The van der Waals surface area contributed by atoms with Crippen LogP contribution in [-0.2, 0) is 15.6 Å². The number of aliphatic hydroxyl groups excluding tert-OH is 1. The molecule has 27 heavy (non-hydrogen) atoms. The van der Waals surface area contributed by atoms with Crippen molar-refractivity contribution < 1.29 is 66.7 Å². The molecule has 0 saturated carbocycles. The summed E-state index contributed by atoms with van der Waals surface area (Å²) in [7, 11) is -7.59. The van der Waals surface area contributed by atoms with Crippen LogP contribution >= 0.6 is 15.9 Å². The summed E-state index contributed by atoms with van der Waals surface area (Å²) in [4.78, 5) is 35.9. The van der Waals surface area contributed by atoms with E-state index in [2.05, 4.69) is 4.98 Å². The summed E-state index contributed by atoms with van der Waals surface area (Å²) >= 11 is 0. The van der Waals surface area contributed by atoms with Gasteiger partial charge in [-0.1, -0.05) is 6.07 Å². The fraction of sp³-hybridized carbons (Fsp3) is 0.222. The Balaban J connectivity index is -0.0000000670. The fourth-order valence-electron chi connectivity index (χ4n) is 1.44. The maximum absolute atomic E-state index is 10.8. The van der Waals surface area contributed by atoms with Gasteiger partial charge in [-0.25, -0.2) is 4.98 Å². The number of nitrogens with zero attached hydrogens (tertiary/aromatic N) is 2. The Labute approximate surface area is 175 Å². The Bertz CT molecular complexity index is 648. The molecule has 0 aromatic carbocycles. The minimum atomic E-state index is -4.46. The van der Waals surface area contributed by atoms with Gasteiger partial charge in [0.1, 0.15) is 5.65 Å². The molecule has 0 fully saturated rings. The first-order valence-electron chi connectivity index (χ1n) is 5.28. The van der Waals surface area contributed by atoms with Crippen LogP contribution in [0.25, 0.3) is 5.65 Å². The molecule has 1 atom stereocenters. The van der Waals surface area contributed by atoms with Crippen LogP contribution in [0.1, 0.15) is 5.69 Å². The fourth-order valence-corrected chi connectivity index (χ4v) is 1.87. The number of hydrogen-bond acceptors (Lipinski definition) is 4. The van der Waals surface area contributed by atoms with Gasteiger partial charge in [0.25, 0.3) is 0 Å². The first kappa shape index (κ1) is 45.4. The molecule has 162 valence electrons. The van der Waals surface area contributed by atoms with Crippen molar-refractivity contribution in [3.8, 4) is 0 Å². The zero-order valence-electron chi connectivity index (χ0n) is 13.1. The van der Waals surface area contributed by atoms with Crippen molar-refractivity contribution in [1.82, 2.24) is 9.38 Å². The zero-order valence-corrected chi connectivity index (χ0v) is 15.0. The molecule has 2 aromatic heterocycles. The van der Waals surface area contributed by atoms with Gasteiger partial charge in [0.2, 0.25) is 0 Å². The first-order chi connectivity index (χ1) is 9.21. The van der Waals surface area contributed by atoms with Crippen LogP contribution in [0.15, 0.2) is 30.6 Å². The summed E-state index contributed by atoms with van der Waals surface area (Å²) in [6.07, 6.45) is 3.09. The van der Waals surface area contributed by atoms with Crippen LogP contribution in [0.3, 0.4) is 0 Å². The Morgan fingerprint density at radius 2 is 1.52 bits per heavy atom. The molecule has 2 aromatic rings. The Hall–Kier alpha value is -0.290. The molecule has 0 aliphatic heterocycles. The van der Waals surface area contributed by atoms with Crippen LogP contribution < -0.4 is 0 Å². The van der Waals surface area contributed by atoms with Gasteiger partial charge in [-0.15, -0.1) is 0 Å². The third-order valence-corrected chi connectivity index (χ3v) is 3.23. The summed E-state index contributed by atoms with van der Waals surface area (Å²) in [5, 5.41) is 9.31. The van der Waals surface area contributed by atoms with E-state index < -0.39 is 21.7 Å². The Morgan fingerprint density at radius 1 is 1.07 bits per heavy atom.